The Balaban J connectivity index is 2.19. The largest absolute Gasteiger partial charge is 0.358 e. The zero-order valence-electron chi connectivity index (χ0n) is 15.0. The molecule has 0 aliphatic carbocycles. The smallest absolute Gasteiger partial charge is 0.315 e. The van der Waals surface area contributed by atoms with Crippen LogP contribution < -0.4 is 16.0 Å². The second-order valence-electron chi connectivity index (χ2n) is 6.49. The third-order valence-corrected chi connectivity index (χ3v) is 4.66. The second kappa shape index (κ2) is 11.3. The summed E-state index contributed by atoms with van der Waals surface area (Å²) in [5, 5.41) is 8.72. The van der Waals surface area contributed by atoms with Gasteiger partial charge in [-0.2, -0.15) is 0 Å². The van der Waals surface area contributed by atoms with Crippen LogP contribution in [0.25, 0.3) is 0 Å². The molecular formula is C17H34N4O2. The number of hydrogen-bond donors (Lipinski definition) is 3. The van der Waals surface area contributed by atoms with Crippen molar-refractivity contribution in [2.24, 2.45) is 5.92 Å². The van der Waals surface area contributed by atoms with Gasteiger partial charge in [0.25, 0.3) is 0 Å². The summed E-state index contributed by atoms with van der Waals surface area (Å²) in [7, 11) is 1.66. The van der Waals surface area contributed by atoms with Gasteiger partial charge < -0.3 is 16.0 Å². The highest BCUT2D eigenvalue weighted by Gasteiger charge is 2.21. The van der Waals surface area contributed by atoms with Crippen LogP contribution in [0.15, 0.2) is 0 Å². The number of urea groups is 1. The molecule has 1 unspecified atom stereocenters. The highest BCUT2D eigenvalue weighted by molar-refractivity contribution is 5.77. The zero-order chi connectivity index (χ0) is 17.1. The molecule has 0 aromatic carbocycles. The topological polar surface area (TPSA) is 73.5 Å². The van der Waals surface area contributed by atoms with E-state index in [1.165, 1.54) is 19.3 Å². The Kier molecular flexibility index (Phi) is 9.67. The van der Waals surface area contributed by atoms with Gasteiger partial charge in [0.2, 0.25) is 5.91 Å². The molecule has 1 rings (SSSR count). The minimum Gasteiger partial charge on any atom is -0.358 e. The predicted molar refractivity (Wildman–Crippen MR) is 93.4 cm³/mol. The summed E-state index contributed by atoms with van der Waals surface area (Å²) >= 11 is 0. The molecule has 1 heterocycles. The molecule has 1 fully saturated rings. The fourth-order valence-electron chi connectivity index (χ4n) is 2.93. The molecule has 0 saturated carbocycles. The first kappa shape index (κ1) is 19.7. The standard InChI is InChI=1S/C17H34N4O2/c1-4-6-7-14(5-2)12-19-17(23)20-15-8-10-21(11-9-15)13-16(22)18-3/h14-15H,4-13H2,1-3H3,(H,18,22)(H2,19,20,23). The van der Waals surface area contributed by atoms with E-state index in [-0.39, 0.29) is 18.0 Å². The molecular weight excluding hydrogens is 292 g/mol. The van der Waals surface area contributed by atoms with Crippen molar-refractivity contribution in [2.75, 3.05) is 33.2 Å². The Hall–Kier alpha value is -1.30. The van der Waals surface area contributed by atoms with Crippen LogP contribution in [0.1, 0.15) is 52.4 Å². The second-order valence-corrected chi connectivity index (χ2v) is 6.49. The van der Waals surface area contributed by atoms with E-state index < -0.39 is 0 Å². The van der Waals surface area contributed by atoms with Crippen LogP contribution in [0.5, 0.6) is 0 Å². The predicted octanol–water partition coefficient (Wildman–Crippen LogP) is 1.71. The maximum absolute atomic E-state index is 12.0. The van der Waals surface area contributed by atoms with Crippen LogP contribution in [-0.2, 0) is 4.79 Å². The molecule has 0 radical (unpaired) electrons. The Labute approximate surface area is 140 Å². The molecule has 1 aliphatic rings. The molecule has 6 nitrogen and oxygen atoms in total. The van der Waals surface area contributed by atoms with Crippen LogP contribution in [-0.4, -0.2) is 56.1 Å². The van der Waals surface area contributed by atoms with Crippen molar-refractivity contribution in [3.8, 4) is 0 Å². The Morgan fingerprint density at radius 3 is 2.48 bits per heavy atom. The van der Waals surface area contributed by atoms with Gasteiger partial charge in [0, 0.05) is 32.7 Å². The Bertz CT molecular complexity index is 355. The molecule has 134 valence electrons. The number of likely N-dealkylation sites (N-methyl/N-ethyl adjacent to an activating group) is 1. The normalized spacial score (nSPS) is 17.5. The molecule has 0 spiro atoms. The first-order valence-electron chi connectivity index (χ1n) is 9.06. The lowest BCUT2D eigenvalue weighted by Gasteiger charge is -2.31. The molecule has 23 heavy (non-hydrogen) atoms. The van der Waals surface area contributed by atoms with E-state index in [1.807, 2.05) is 0 Å². The van der Waals surface area contributed by atoms with Gasteiger partial charge in [-0.05, 0) is 25.2 Å². The van der Waals surface area contributed by atoms with E-state index in [1.54, 1.807) is 7.05 Å². The quantitative estimate of drug-likeness (QED) is 0.604. The van der Waals surface area contributed by atoms with Gasteiger partial charge in [-0.25, -0.2) is 4.79 Å². The average Bonchev–Trinajstić information content (AvgIpc) is 2.56. The molecule has 1 saturated heterocycles. The van der Waals surface area contributed by atoms with Gasteiger partial charge in [-0.15, -0.1) is 0 Å². The van der Waals surface area contributed by atoms with Crippen LogP contribution in [0, 0.1) is 5.92 Å². The minimum atomic E-state index is -0.0512. The Morgan fingerprint density at radius 2 is 1.91 bits per heavy atom. The summed E-state index contributed by atoms with van der Waals surface area (Å²) in [5.41, 5.74) is 0. The third-order valence-electron chi connectivity index (χ3n) is 4.66. The van der Waals surface area contributed by atoms with Crippen LogP contribution in [0.2, 0.25) is 0 Å². The molecule has 3 N–H and O–H groups in total. The van der Waals surface area contributed by atoms with Gasteiger partial charge in [0.1, 0.15) is 0 Å². The highest BCUT2D eigenvalue weighted by Crippen LogP contribution is 2.12. The van der Waals surface area contributed by atoms with Crippen molar-refractivity contribution in [1.29, 1.82) is 0 Å². The van der Waals surface area contributed by atoms with Crippen molar-refractivity contribution in [3.63, 3.8) is 0 Å². The van der Waals surface area contributed by atoms with Crippen LogP contribution >= 0.6 is 0 Å². The number of nitrogens with one attached hydrogen (secondary N) is 3. The van der Waals surface area contributed by atoms with Crippen LogP contribution in [0.3, 0.4) is 0 Å². The zero-order valence-corrected chi connectivity index (χ0v) is 15.0. The molecule has 1 atom stereocenters. The third kappa shape index (κ3) is 8.21. The maximum Gasteiger partial charge on any atom is 0.315 e. The molecule has 0 aromatic heterocycles. The summed E-state index contributed by atoms with van der Waals surface area (Å²) in [6.07, 6.45) is 6.53. The van der Waals surface area contributed by atoms with E-state index in [0.29, 0.717) is 12.5 Å². The monoisotopic (exact) mass is 326 g/mol. The Morgan fingerprint density at radius 1 is 1.22 bits per heavy atom. The number of rotatable bonds is 9. The fourth-order valence-corrected chi connectivity index (χ4v) is 2.93. The van der Waals surface area contributed by atoms with Crippen molar-refractivity contribution in [2.45, 2.75) is 58.4 Å². The minimum absolute atomic E-state index is 0.0480. The van der Waals surface area contributed by atoms with Crippen molar-refractivity contribution in [3.05, 3.63) is 0 Å². The lowest BCUT2D eigenvalue weighted by Crippen LogP contribution is -2.49. The summed E-state index contributed by atoms with van der Waals surface area (Å²) in [4.78, 5) is 25.5. The summed E-state index contributed by atoms with van der Waals surface area (Å²) < 4.78 is 0. The number of carbonyl (C=O) groups is 2. The van der Waals surface area contributed by atoms with Gasteiger partial charge >= 0.3 is 6.03 Å². The van der Waals surface area contributed by atoms with Gasteiger partial charge in [-0.1, -0.05) is 33.1 Å². The number of unbranched alkanes of at least 4 members (excludes halogenated alkanes) is 1. The summed E-state index contributed by atoms with van der Waals surface area (Å²) in [6, 6.07) is 0.163. The molecule has 1 aliphatic heterocycles. The summed E-state index contributed by atoms with van der Waals surface area (Å²) in [5.74, 6) is 0.627. The highest BCUT2D eigenvalue weighted by atomic mass is 16.2. The van der Waals surface area contributed by atoms with Crippen molar-refractivity contribution >= 4 is 11.9 Å². The number of likely N-dealkylation sites (tertiary alicyclic amines) is 1. The number of amides is 3. The van der Waals surface area contributed by atoms with Crippen molar-refractivity contribution in [1.82, 2.24) is 20.9 Å². The molecule has 6 heteroatoms. The van der Waals surface area contributed by atoms with E-state index in [0.717, 1.165) is 38.9 Å². The SMILES string of the molecule is CCCCC(CC)CNC(=O)NC1CCN(CC(=O)NC)CC1. The molecule has 3 amide bonds. The summed E-state index contributed by atoms with van der Waals surface area (Å²) in [6.45, 7) is 7.30. The number of nitrogens with zero attached hydrogens (tertiary/aromatic N) is 1. The van der Waals surface area contributed by atoms with E-state index in [9.17, 15) is 9.59 Å². The van der Waals surface area contributed by atoms with Crippen molar-refractivity contribution < 1.29 is 9.59 Å². The average molecular weight is 326 g/mol. The van der Waals surface area contributed by atoms with Gasteiger partial charge in [0.15, 0.2) is 0 Å². The molecule has 0 bridgehead atoms. The first-order chi connectivity index (χ1) is 11.1. The van der Waals surface area contributed by atoms with Gasteiger partial charge in [-0.3, -0.25) is 9.69 Å². The lowest BCUT2D eigenvalue weighted by molar-refractivity contribution is -0.122. The van der Waals surface area contributed by atoms with E-state index >= 15 is 0 Å². The molecule has 0 aromatic rings. The number of hydrogen-bond acceptors (Lipinski definition) is 3. The van der Waals surface area contributed by atoms with E-state index in [2.05, 4.69) is 34.7 Å². The number of carbonyl (C=O) groups excluding carboxylic acids is 2. The van der Waals surface area contributed by atoms with Gasteiger partial charge in [0.05, 0.1) is 6.54 Å². The maximum atomic E-state index is 12.0. The number of piperidine rings is 1. The lowest BCUT2D eigenvalue weighted by atomic mass is 9.99. The first-order valence-corrected chi connectivity index (χ1v) is 9.06. The van der Waals surface area contributed by atoms with Crippen LogP contribution in [0.4, 0.5) is 4.79 Å². The fraction of sp³-hybridized carbons (Fsp3) is 0.882. The van der Waals surface area contributed by atoms with E-state index in [4.69, 9.17) is 0 Å².